The van der Waals surface area contributed by atoms with E-state index in [4.69, 9.17) is 16.3 Å². The second-order valence-corrected chi connectivity index (χ2v) is 10.2. The van der Waals surface area contributed by atoms with Gasteiger partial charge in [-0.15, -0.1) is 0 Å². The highest BCUT2D eigenvalue weighted by Crippen LogP contribution is 2.25. The molecule has 12 heteroatoms. The number of morpholine rings is 1. The van der Waals surface area contributed by atoms with Crippen molar-refractivity contribution in [3.63, 3.8) is 0 Å². The average molecular weight is 500 g/mol. The number of hydrogen-bond donors (Lipinski definition) is 1. The van der Waals surface area contributed by atoms with Crippen LogP contribution >= 0.6 is 22.9 Å². The van der Waals surface area contributed by atoms with E-state index in [1.165, 1.54) is 28.8 Å². The number of thiazole rings is 1. The number of halogens is 2. The lowest BCUT2D eigenvalue weighted by molar-refractivity contribution is -0.135. The number of carbonyl (C=O) groups excluding carboxylic acids is 1. The lowest BCUT2D eigenvalue weighted by Crippen LogP contribution is -2.41. The fourth-order valence-electron chi connectivity index (χ4n) is 3.38. The number of sulfonamides is 1. The Kier molecular flexibility index (Phi) is 6.52. The number of hydrogen-bond acceptors (Lipinski definition) is 6. The fraction of sp³-hybridized carbons (Fsp3) is 0.300. The minimum atomic E-state index is -3.99. The molecule has 0 bridgehead atoms. The monoisotopic (exact) mass is 499 g/mol. The van der Waals surface area contributed by atoms with E-state index in [1.807, 2.05) is 0 Å². The molecule has 0 radical (unpaired) electrons. The molecule has 1 aliphatic rings. The largest absolute Gasteiger partial charge is 0.378 e. The van der Waals surface area contributed by atoms with Gasteiger partial charge < -0.3 is 9.64 Å². The molecule has 0 unspecified atom stereocenters. The quantitative estimate of drug-likeness (QED) is 0.562. The summed E-state index contributed by atoms with van der Waals surface area (Å²) in [6.07, 6.45) is 0.165. The van der Waals surface area contributed by atoms with Crippen molar-refractivity contribution in [2.45, 2.75) is 17.9 Å². The van der Waals surface area contributed by atoms with Crippen molar-refractivity contribution < 1.29 is 22.3 Å². The summed E-state index contributed by atoms with van der Waals surface area (Å²) in [4.78, 5) is 26.2. The molecule has 1 fully saturated rings. The number of anilines is 1. The molecule has 1 aromatic heterocycles. The number of fused-ring (bicyclic) bond motifs is 1. The molecular weight excluding hydrogens is 481 g/mol. The fourth-order valence-corrected chi connectivity index (χ4v) is 5.66. The maximum atomic E-state index is 13.3. The molecule has 2 aromatic carbocycles. The van der Waals surface area contributed by atoms with Gasteiger partial charge in [0.2, 0.25) is 5.91 Å². The van der Waals surface area contributed by atoms with Gasteiger partial charge in [-0.05, 0) is 36.4 Å². The number of benzene rings is 2. The highest BCUT2D eigenvalue weighted by Gasteiger charge is 2.20. The summed E-state index contributed by atoms with van der Waals surface area (Å²) >= 11 is 6.62. The predicted octanol–water partition coefficient (Wildman–Crippen LogP) is 2.91. The van der Waals surface area contributed by atoms with Crippen LogP contribution in [0.15, 0.2) is 46.1 Å². The molecule has 0 atom stereocenters. The van der Waals surface area contributed by atoms with Crippen molar-refractivity contribution in [1.29, 1.82) is 0 Å². The van der Waals surface area contributed by atoms with Crippen LogP contribution < -0.4 is 9.60 Å². The molecule has 32 heavy (non-hydrogen) atoms. The van der Waals surface area contributed by atoms with Gasteiger partial charge in [0.05, 0.1) is 39.0 Å². The molecule has 170 valence electrons. The minimum Gasteiger partial charge on any atom is -0.378 e. The maximum Gasteiger partial charge on any atom is 0.308 e. The van der Waals surface area contributed by atoms with Gasteiger partial charge >= 0.3 is 4.87 Å². The second kappa shape index (κ2) is 9.18. The molecule has 4 rings (SSSR count). The molecule has 2 heterocycles. The smallest absolute Gasteiger partial charge is 0.308 e. The Bertz CT molecular complexity index is 1330. The van der Waals surface area contributed by atoms with Gasteiger partial charge in [0.15, 0.2) is 0 Å². The molecule has 1 N–H and O–H groups in total. The van der Waals surface area contributed by atoms with Gasteiger partial charge in [-0.25, -0.2) is 12.8 Å². The number of aryl methyl sites for hydroxylation is 1. The van der Waals surface area contributed by atoms with Gasteiger partial charge in [-0.2, -0.15) is 0 Å². The van der Waals surface area contributed by atoms with Gasteiger partial charge in [0, 0.05) is 26.1 Å². The second-order valence-electron chi connectivity index (χ2n) is 7.13. The third kappa shape index (κ3) is 4.80. The van der Waals surface area contributed by atoms with Crippen molar-refractivity contribution in [1.82, 2.24) is 9.47 Å². The summed E-state index contributed by atoms with van der Waals surface area (Å²) in [6.45, 7) is 2.27. The molecule has 0 spiro atoms. The lowest BCUT2D eigenvalue weighted by Gasteiger charge is -2.26. The Morgan fingerprint density at radius 3 is 2.66 bits per heavy atom. The number of ether oxygens (including phenoxy) is 1. The van der Waals surface area contributed by atoms with E-state index in [-0.39, 0.29) is 39.4 Å². The first-order valence-electron chi connectivity index (χ1n) is 9.71. The first-order chi connectivity index (χ1) is 15.2. The number of nitrogens with zero attached hydrogens (tertiary/aromatic N) is 2. The number of rotatable bonds is 6. The third-order valence-corrected chi connectivity index (χ3v) is 7.65. The molecule has 0 saturated carbocycles. The molecular formula is C20H19ClFN3O5S2. The summed E-state index contributed by atoms with van der Waals surface area (Å²) in [7, 11) is -3.99. The van der Waals surface area contributed by atoms with E-state index in [2.05, 4.69) is 4.72 Å². The predicted molar refractivity (Wildman–Crippen MR) is 120 cm³/mol. The van der Waals surface area contributed by atoms with E-state index in [9.17, 15) is 22.4 Å². The Hall–Kier alpha value is -2.47. The highest BCUT2D eigenvalue weighted by atomic mass is 35.5. The van der Waals surface area contributed by atoms with Crippen LogP contribution in [0.25, 0.3) is 10.2 Å². The molecule has 8 nitrogen and oxygen atoms in total. The topological polar surface area (TPSA) is 97.7 Å². The maximum absolute atomic E-state index is 13.3. The molecule has 1 amide bonds. The van der Waals surface area contributed by atoms with Crippen LogP contribution in [-0.2, 0) is 26.1 Å². The summed E-state index contributed by atoms with van der Waals surface area (Å²) in [5, 5.41) is -0.206. The zero-order valence-electron chi connectivity index (χ0n) is 16.7. The summed E-state index contributed by atoms with van der Waals surface area (Å²) in [5.41, 5.74) is 0.669. The first kappa shape index (κ1) is 22.7. The molecule has 1 saturated heterocycles. The van der Waals surface area contributed by atoms with Crippen LogP contribution in [0.4, 0.5) is 10.1 Å². The standard InChI is InChI=1S/C20H19ClFN3O5S2/c21-15-11-13(1-3-16(15)22)23-32(28,29)14-2-4-17-18(12-14)31-20(27)25(17)6-5-19(26)24-7-9-30-10-8-24/h1-4,11-12,23H,5-10H2. The van der Waals surface area contributed by atoms with Crippen LogP contribution in [0, 0.1) is 5.82 Å². The van der Waals surface area contributed by atoms with E-state index in [0.717, 1.165) is 17.4 Å². The molecule has 0 aliphatic carbocycles. The number of amides is 1. The van der Waals surface area contributed by atoms with Crippen molar-refractivity contribution in [2.75, 3.05) is 31.0 Å². The minimum absolute atomic E-state index is 0.0526. The molecule has 1 aliphatic heterocycles. The van der Waals surface area contributed by atoms with Gasteiger partial charge in [0.1, 0.15) is 5.82 Å². The third-order valence-electron chi connectivity index (χ3n) is 5.03. The van der Waals surface area contributed by atoms with Gasteiger partial charge in [0.25, 0.3) is 10.0 Å². The van der Waals surface area contributed by atoms with Gasteiger partial charge in [-0.1, -0.05) is 22.9 Å². The highest BCUT2D eigenvalue weighted by molar-refractivity contribution is 7.92. The summed E-state index contributed by atoms with van der Waals surface area (Å²) in [6, 6.07) is 7.81. The Balaban J connectivity index is 1.54. The van der Waals surface area contributed by atoms with Crippen molar-refractivity contribution >= 4 is 54.8 Å². The number of carbonyl (C=O) groups is 1. The Labute approximate surface area is 192 Å². The van der Waals surface area contributed by atoms with E-state index in [0.29, 0.717) is 36.5 Å². The molecule has 3 aromatic rings. The van der Waals surface area contributed by atoms with Crippen LogP contribution in [0.1, 0.15) is 6.42 Å². The van der Waals surface area contributed by atoms with Crippen LogP contribution in [0.2, 0.25) is 5.02 Å². The van der Waals surface area contributed by atoms with Crippen LogP contribution in [-0.4, -0.2) is 50.1 Å². The first-order valence-corrected chi connectivity index (χ1v) is 12.4. The van der Waals surface area contributed by atoms with Crippen LogP contribution in [0.5, 0.6) is 0 Å². The number of nitrogens with one attached hydrogen (secondary N) is 1. The van der Waals surface area contributed by atoms with Gasteiger partial charge in [-0.3, -0.25) is 18.9 Å². The SMILES string of the molecule is O=C(CCn1c(=O)sc2cc(S(=O)(=O)Nc3ccc(F)c(Cl)c3)ccc21)N1CCOCC1. The van der Waals surface area contributed by atoms with Crippen LogP contribution in [0.3, 0.4) is 0 Å². The average Bonchev–Trinajstić information content (AvgIpc) is 3.09. The van der Waals surface area contributed by atoms with Crippen molar-refractivity contribution in [3.8, 4) is 0 Å². The number of aromatic nitrogens is 1. The van der Waals surface area contributed by atoms with E-state index in [1.54, 1.807) is 11.0 Å². The van der Waals surface area contributed by atoms with Crippen molar-refractivity contribution in [2.24, 2.45) is 0 Å². The van der Waals surface area contributed by atoms with E-state index < -0.39 is 15.8 Å². The zero-order chi connectivity index (χ0) is 22.9. The van der Waals surface area contributed by atoms with Crippen molar-refractivity contribution in [3.05, 3.63) is 56.9 Å². The summed E-state index contributed by atoms with van der Waals surface area (Å²) in [5.74, 6) is -0.713. The Morgan fingerprint density at radius 1 is 1.19 bits per heavy atom. The normalized spacial score (nSPS) is 14.6. The summed E-state index contributed by atoms with van der Waals surface area (Å²) < 4.78 is 48.3. The Morgan fingerprint density at radius 2 is 1.94 bits per heavy atom. The zero-order valence-corrected chi connectivity index (χ0v) is 19.1. The lowest BCUT2D eigenvalue weighted by atomic mass is 10.3. The van der Waals surface area contributed by atoms with E-state index >= 15 is 0 Å².